The molecule has 0 aliphatic heterocycles. The monoisotopic (exact) mass is 404 g/mol. The number of fused-ring (bicyclic) bond motifs is 5. The van der Waals surface area contributed by atoms with E-state index in [1.54, 1.807) is 7.11 Å². The Morgan fingerprint density at radius 1 is 1.17 bits per heavy atom. The predicted molar refractivity (Wildman–Crippen MR) is 113 cm³/mol. The molecule has 4 rings (SSSR count). The number of carbonyl (C=O) groups excluding carboxylic acids is 1. The molecule has 4 aliphatic rings. The third-order valence-electron chi connectivity index (χ3n) is 9.79. The minimum Gasteiger partial charge on any atom is -0.381 e. The maximum absolute atomic E-state index is 13.1. The van der Waals surface area contributed by atoms with Crippen molar-refractivity contribution in [1.82, 2.24) is 0 Å². The number of allylic oxidation sites excluding steroid dienone is 1. The van der Waals surface area contributed by atoms with Crippen molar-refractivity contribution in [3.8, 4) is 0 Å². The van der Waals surface area contributed by atoms with Gasteiger partial charge in [-0.3, -0.25) is 4.79 Å². The number of Topliss-reactive ketones (excluding diaryl/α,β-unsaturated/α-hetero) is 1. The molecule has 4 nitrogen and oxygen atoms in total. The van der Waals surface area contributed by atoms with E-state index in [2.05, 4.69) is 19.6 Å². The molecule has 0 unspecified atom stereocenters. The van der Waals surface area contributed by atoms with Crippen molar-refractivity contribution in [2.45, 2.75) is 77.4 Å². The van der Waals surface area contributed by atoms with Gasteiger partial charge in [0.1, 0.15) is 12.6 Å². The summed E-state index contributed by atoms with van der Waals surface area (Å²) in [5.74, 6) is 3.01. The first-order valence-electron chi connectivity index (χ1n) is 11.7. The van der Waals surface area contributed by atoms with E-state index in [1.165, 1.54) is 25.7 Å². The first-order valence-corrected chi connectivity index (χ1v) is 11.7. The molecule has 4 heteroatoms. The Labute approximate surface area is 176 Å². The summed E-state index contributed by atoms with van der Waals surface area (Å²) in [5, 5.41) is 0. The first kappa shape index (κ1) is 21.5. The zero-order valence-corrected chi connectivity index (χ0v) is 18.8. The summed E-state index contributed by atoms with van der Waals surface area (Å²) in [6.07, 6.45) is 11.6. The van der Waals surface area contributed by atoms with Crippen molar-refractivity contribution >= 4 is 5.78 Å². The van der Waals surface area contributed by atoms with E-state index >= 15 is 0 Å². The Hall–Kier alpha value is -0.710. The van der Waals surface area contributed by atoms with Crippen LogP contribution in [0.2, 0.25) is 0 Å². The highest BCUT2D eigenvalue weighted by atomic mass is 16.7. The number of ether oxygens (including phenoxy) is 3. The lowest BCUT2D eigenvalue weighted by Crippen LogP contribution is -2.61. The molecule has 164 valence electrons. The molecule has 0 amide bonds. The maximum Gasteiger partial charge on any atom is 0.146 e. The van der Waals surface area contributed by atoms with Gasteiger partial charge in [0.2, 0.25) is 0 Å². The predicted octanol–water partition coefficient (Wildman–Crippen LogP) is 5.01. The lowest BCUT2D eigenvalue weighted by Gasteiger charge is -2.63. The third-order valence-corrected chi connectivity index (χ3v) is 9.79. The average molecular weight is 405 g/mol. The van der Waals surface area contributed by atoms with Gasteiger partial charge in [-0.25, -0.2) is 0 Å². The van der Waals surface area contributed by atoms with Crippen LogP contribution < -0.4 is 0 Å². The summed E-state index contributed by atoms with van der Waals surface area (Å²) in [5.41, 5.74) is 0.0390. The Morgan fingerprint density at radius 2 is 1.97 bits per heavy atom. The molecule has 9 atom stereocenters. The fourth-order valence-electron chi connectivity index (χ4n) is 8.53. The minimum atomic E-state index is -0.244. The molecule has 0 heterocycles. The summed E-state index contributed by atoms with van der Waals surface area (Å²) in [6, 6.07) is 0. The number of hydrogen-bond acceptors (Lipinski definition) is 4. The summed E-state index contributed by atoms with van der Waals surface area (Å²) >= 11 is 0. The Balaban J connectivity index is 1.64. The molecule has 0 N–H and O–H groups in total. The van der Waals surface area contributed by atoms with Crippen LogP contribution in [0.15, 0.2) is 12.7 Å². The highest BCUT2D eigenvalue weighted by molar-refractivity contribution is 5.84. The second-order valence-electron chi connectivity index (χ2n) is 10.5. The van der Waals surface area contributed by atoms with E-state index in [0.29, 0.717) is 48.3 Å². The SMILES string of the molecule is C=C[C@H]1CC[C@H]2[C@@H]3CC[C@H]4C[C@H](OCOC)CC[C@]4(C)[C@H]3[C@@H](OC)C[C@]12C(C)=O. The first-order chi connectivity index (χ1) is 13.9. The van der Waals surface area contributed by atoms with Gasteiger partial charge in [0.15, 0.2) is 0 Å². The summed E-state index contributed by atoms with van der Waals surface area (Å²) < 4.78 is 17.3. The summed E-state index contributed by atoms with van der Waals surface area (Å²) in [6.45, 7) is 8.86. The molecule has 0 spiro atoms. The van der Waals surface area contributed by atoms with Gasteiger partial charge >= 0.3 is 0 Å². The number of ketones is 1. The van der Waals surface area contributed by atoms with Crippen LogP contribution in [0, 0.1) is 40.4 Å². The highest BCUT2D eigenvalue weighted by Gasteiger charge is 2.66. The standard InChI is InChI=1S/C25H40O4/c1-6-17-8-10-21-20-9-7-18-13-19(29-15-27-4)11-12-24(18,3)23(20)22(28-5)14-25(17,21)16(2)26/h6,17-23H,1,7-15H2,2-5H3/t17-,18-,19+,20-,21-,22-,23+,24-,25-/m0/s1. The fourth-order valence-corrected chi connectivity index (χ4v) is 8.53. The van der Waals surface area contributed by atoms with Crippen LogP contribution in [-0.4, -0.2) is 39.0 Å². The zero-order chi connectivity index (χ0) is 20.8. The van der Waals surface area contributed by atoms with Gasteiger partial charge in [-0.1, -0.05) is 13.0 Å². The molecule has 4 fully saturated rings. The van der Waals surface area contributed by atoms with Crippen LogP contribution in [0.3, 0.4) is 0 Å². The molecule has 0 aromatic rings. The van der Waals surface area contributed by atoms with Crippen molar-refractivity contribution in [2.24, 2.45) is 40.4 Å². The fraction of sp³-hybridized carbons (Fsp3) is 0.880. The molecule has 0 bridgehead atoms. The molecular formula is C25H40O4. The van der Waals surface area contributed by atoms with Crippen molar-refractivity contribution in [1.29, 1.82) is 0 Å². The lowest BCUT2D eigenvalue weighted by atomic mass is 9.43. The van der Waals surface area contributed by atoms with Gasteiger partial charge in [0.25, 0.3) is 0 Å². The molecule has 4 saturated carbocycles. The Kier molecular flexibility index (Phi) is 6.00. The molecule has 0 aromatic carbocycles. The minimum absolute atomic E-state index is 0.171. The lowest BCUT2D eigenvalue weighted by molar-refractivity contribution is -0.196. The summed E-state index contributed by atoms with van der Waals surface area (Å²) in [7, 11) is 3.57. The van der Waals surface area contributed by atoms with Crippen LogP contribution in [0.25, 0.3) is 0 Å². The normalized spacial score (nSPS) is 49.0. The highest BCUT2D eigenvalue weighted by Crippen LogP contribution is 2.68. The molecule has 0 radical (unpaired) electrons. The van der Waals surface area contributed by atoms with Crippen molar-refractivity contribution in [3.05, 3.63) is 12.7 Å². The van der Waals surface area contributed by atoms with E-state index in [1.807, 2.05) is 14.0 Å². The van der Waals surface area contributed by atoms with E-state index in [0.717, 1.165) is 25.7 Å². The van der Waals surface area contributed by atoms with E-state index in [4.69, 9.17) is 14.2 Å². The number of rotatable bonds is 6. The van der Waals surface area contributed by atoms with Gasteiger partial charge in [-0.2, -0.15) is 0 Å². The maximum atomic E-state index is 13.1. The Morgan fingerprint density at radius 3 is 2.62 bits per heavy atom. The zero-order valence-electron chi connectivity index (χ0n) is 18.8. The number of methoxy groups -OCH3 is 2. The molecular weight excluding hydrogens is 364 g/mol. The van der Waals surface area contributed by atoms with Crippen LogP contribution in [0.5, 0.6) is 0 Å². The van der Waals surface area contributed by atoms with Gasteiger partial charge in [0.05, 0.1) is 12.2 Å². The third kappa shape index (κ3) is 3.16. The number of hydrogen-bond donors (Lipinski definition) is 0. The van der Waals surface area contributed by atoms with Gasteiger partial charge in [-0.15, -0.1) is 6.58 Å². The van der Waals surface area contributed by atoms with Crippen molar-refractivity contribution in [3.63, 3.8) is 0 Å². The topological polar surface area (TPSA) is 44.8 Å². The second kappa shape index (κ2) is 8.09. The van der Waals surface area contributed by atoms with E-state index < -0.39 is 0 Å². The van der Waals surface area contributed by atoms with E-state index in [9.17, 15) is 4.79 Å². The second-order valence-corrected chi connectivity index (χ2v) is 10.5. The molecule has 4 aliphatic carbocycles. The van der Waals surface area contributed by atoms with Crippen LogP contribution in [0.4, 0.5) is 0 Å². The van der Waals surface area contributed by atoms with Crippen molar-refractivity contribution in [2.75, 3.05) is 21.0 Å². The Bertz CT molecular complexity index is 632. The van der Waals surface area contributed by atoms with Crippen LogP contribution in [-0.2, 0) is 19.0 Å². The molecule has 29 heavy (non-hydrogen) atoms. The van der Waals surface area contributed by atoms with Gasteiger partial charge < -0.3 is 14.2 Å². The number of carbonyl (C=O) groups is 1. The average Bonchev–Trinajstić information content (AvgIpc) is 3.11. The molecule has 0 saturated heterocycles. The van der Waals surface area contributed by atoms with Crippen molar-refractivity contribution < 1.29 is 19.0 Å². The van der Waals surface area contributed by atoms with Crippen LogP contribution in [0.1, 0.15) is 65.2 Å². The molecule has 0 aromatic heterocycles. The van der Waals surface area contributed by atoms with Gasteiger partial charge in [0, 0.05) is 19.6 Å². The quantitative estimate of drug-likeness (QED) is 0.461. The summed E-state index contributed by atoms with van der Waals surface area (Å²) in [4.78, 5) is 13.1. The largest absolute Gasteiger partial charge is 0.381 e. The van der Waals surface area contributed by atoms with E-state index in [-0.39, 0.29) is 16.9 Å². The van der Waals surface area contributed by atoms with Gasteiger partial charge in [-0.05, 0) is 93.3 Å². The van der Waals surface area contributed by atoms with Crippen LogP contribution >= 0.6 is 0 Å². The smallest absolute Gasteiger partial charge is 0.146 e.